The van der Waals surface area contributed by atoms with E-state index in [4.69, 9.17) is 14.2 Å². The summed E-state index contributed by atoms with van der Waals surface area (Å²) >= 11 is 0. The van der Waals surface area contributed by atoms with Crippen LogP contribution in [0.1, 0.15) is 5.56 Å². The number of anilines is 1. The fourth-order valence-corrected chi connectivity index (χ4v) is 1.96. The van der Waals surface area contributed by atoms with Gasteiger partial charge in [0, 0.05) is 29.9 Å². The molecule has 0 aliphatic carbocycles. The van der Waals surface area contributed by atoms with Gasteiger partial charge in [-0.25, -0.2) is 0 Å². The smallest absolute Gasteiger partial charge is 0.162 e. The van der Waals surface area contributed by atoms with E-state index in [0.717, 1.165) is 11.3 Å². The Bertz CT molecular complexity index is 613. The second-order valence-corrected chi connectivity index (χ2v) is 4.42. The van der Waals surface area contributed by atoms with E-state index in [2.05, 4.69) is 5.32 Å². The van der Waals surface area contributed by atoms with Gasteiger partial charge in [0.1, 0.15) is 11.5 Å². The number of nitrogens with one attached hydrogen (secondary N) is 1. The van der Waals surface area contributed by atoms with E-state index in [0.29, 0.717) is 23.8 Å². The van der Waals surface area contributed by atoms with Crippen LogP contribution in [0, 0.1) is 0 Å². The Morgan fingerprint density at radius 2 is 1.67 bits per heavy atom. The van der Waals surface area contributed by atoms with Crippen LogP contribution in [-0.2, 0) is 6.54 Å². The molecule has 0 bridgehead atoms. The molecule has 0 aliphatic heterocycles. The quantitative estimate of drug-likeness (QED) is 0.856. The van der Waals surface area contributed by atoms with Crippen LogP contribution < -0.4 is 19.5 Å². The first-order chi connectivity index (χ1) is 10.2. The number of hydrogen-bond acceptors (Lipinski definition) is 5. The van der Waals surface area contributed by atoms with Crippen LogP contribution in [0.5, 0.6) is 23.0 Å². The third-order valence-corrected chi connectivity index (χ3v) is 3.16. The number of hydrogen-bond donors (Lipinski definition) is 2. The summed E-state index contributed by atoms with van der Waals surface area (Å²) < 4.78 is 15.5. The Hall–Kier alpha value is -2.56. The van der Waals surface area contributed by atoms with Gasteiger partial charge in [0.05, 0.1) is 21.3 Å². The Kier molecular flexibility index (Phi) is 4.77. The van der Waals surface area contributed by atoms with Crippen LogP contribution in [0.4, 0.5) is 5.69 Å². The standard InChI is InChI=1S/C16H19NO4/c1-19-13-6-4-11(14(18)9-13)10-17-12-5-7-15(20-2)16(8-12)21-3/h4-9,17-18H,10H2,1-3H3. The molecule has 5 heteroatoms. The molecule has 2 rings (SSSR count). The lowest BCUT2D eigenvalue weighted by Crippen LogP contribution is -2.01. The van der Waals surface area contributed by atoms with Crippen LogP contribution in [0.3, 0.4) is 0 Å². The molecule has 2 aromatic carbocycles. The normalized spacial score (nSPS) is 10.0. The molecule has 0 aliphatic rings. The van der Waals surface area contributed by atoms with Crippen molar-refractivity contribution in [2.45, 2.75) is 6.54 Å². The average Bonchev–Trinajstić information content (AvgIpc) is 2.53. The summed E-state index contributed by atoms with van der Waals surface area (Å²) in [5.41, 5.74) is 1.66. The van der Waals surface area contributed by atoms with Gasteiger partial charge >= 0.3 is 0 Å². The third kappa shape index (κ3) is 3.51. The van der Waals surface area contributed by atoms with Crippen LogP contribution in [0.2, 0.25) is 0 Å². The third-order valence-electron chi connectivity index (χ3n) is 3.16. The minimum absolute atomic E-state index is 0.197. The number of ether oxygens (including phenoxy) is 3. The summed E-state index contributed by atoms with van der Waals surface area (Å²) in [7, 11) is 4.76. The number of aromatic hydroxyl groups is 1. The molecule has 0 saturated carbocycles. The molecule has 0 amide bonds. The number of rotatable bonds is 6. The molecule has 2 aromatic rings. The van der Waals surface area contributed by atoms with Crippen molar-refractivity contribution >= 4 is 5.69 Å². The Morgan fingerprint density at radius 1 is 0.905 bits per heavy atom. The highest BCUT2D eigenvalue weighted by Crippen LogP contribution is 2.30. The Balaban J connectivity index is 2.09. The van der Waals surface area contributed by atoms with Crippen molar-refractivity contribution in [2.75, 3.05) is 26.6 Å². The largest absolute Gasteiger partial charge is 0.507 e. The van der Waals surface area contributed by atoms with Gasteiger partial charge in [-0.1, -0.05) is 0 Å². The molecule has 0 aromatic heterocycles. The molecule has 21 heavy (non-hydrogen) atoms. The Morgan fingerprint density at radius 3 is 2.29 bits per heavy atom. The molecule has 0 fully saturated rings. The summed E-state index contributed by atoms with van der Waals surface area (Å²) in [6.07, 6.45) is 0. The van der Waals surface area contributed by atoms with Gasteiger partial charge in [0.25, 0.3) is 0 Å². The first-order valence-electron chi connectivity index (χ1n) is 6.49. The predicted octanol–water partition coefficient (Wildman–Crippen LogP) is 3.03. The van der Waals surface area contributed by atoms with Crippen LogP contribution in [0.25, 0.3) is 0 Å². The number of methoxy groups -OCH3 is 3. The molecule has 2 N–H and O–H groups in total. The highest BCUT2D eigenvalue weighted by molar-refractivity contribution is 5.55. The highest BCUT2D eigenvalue weighted by Gasteiger charge is 2.06. The zero-order chi connectivity index (χ0) is 15.2. The van der Waals surface area contributed by atoms with Crippen molar-refractivity contribution in [1.29, 1.82) is 0 Å². The topological polar surface area (TPSA) is 60.0 Å². The van der Waals surface area contributed by atoms with E-state index >= 15 is 0 Å². The minimum atomic E-state index is 0.197. The van der Waals surface area contributed by atoms with Crippen molar-refractivity contribution in [3.05, 3.63) is 42.0 Å². The van der Waals surface area contributed by atoms with Gasteiger partial charge in [-0.2, -0.15) is 0 Å². The predicted molar refractivity (Wildman–Crippen MR) is 81.5 cm³/mol. The van der Waals surface area contributed by atoms with Gasteiger partial charge in [-0.3, -0.25) is 0 Å². The second-order valence-electron chi connectivity index (χ2n) is 4.42. The SMILES string of the molecule is COc1ccc(CNc2ccc(OC)c(OC)c2)c(O)c1. The van der Waals surface area contributed by atoms with Crippen molar-refractivity contribution in [3.63, 3.8) is 0 Å². The zero-order valence-electron chi connectivity index (χ0n) is 12.3. The van der Waals surface area contributed by atoms with E-state index in [1.165, 1.54) is 0 Å². The molecule has 0 heterocycles. The zero-order valence-corrected chi connectivity index (χ0v) is 12.3. The van der Waals surface area contributed by atoms with E-state index in [9.17, 15) is 5.11 Å². The minimum Gasteiger partial charge on any atom is -0.507 e. The first-order valence-corrected chi connectivity index (χ1v) is 6.49. The molecule has 0 atom stereocenters. The maximum atomic E-state index is 9.92. The maximum absolute atomic E-state index is 9.92. The summed E-state index contributed by atoms with van der Waals surface area (Å²) in [4.78, 5) is 0. The van der Waals surface area contributed by atoms with Crippen molar-refractivity contribution in [3.8, 4) is 23.0 Å². The number of phenols is 1. The van der Waals surface area contributed by atoms with Gasteiger partial charge in [0.2, 0.25) is 0 Å². The van der Waals surface area contributed by atoms with Crippen molar-refractivity contribution < 1.29 is 19.3 Å². The van der Waals surface area contributed by atoms with E-state index in [1.54, 1.807) is 27.4 Å². The Labute approximate surface area is 124 Å². The maximum Gasteiger partial charge on any atom is 0.162 e. The molecular weight excluding hydrogens is 270 g/mol. The van der Waals surface area contributed by atoms with Gasteiger partial charge < -0.3 is 24.6 Å². The molecule has 0 spiro atoms. The number of phenolic OH excluding ortho intramolecular Hbond substituents is 1. The lowest BCUT2D eigenvalue weighted by atomic mass is 10.2. The molecule has 5 nitrogen and oxygen atoms in total. The second kappa shape index (κ2) is 6.74. The van der Waals surface area contributed by atoms with E-state index < -0.39 is 0 Å². The molecule has 0 radical (unpaired) electrons. The van der Waals surface area contributed by atoms with Crippen LogP contribution in [-0.4, -0.2) is 26.4 Å². The summed E-state index contributed by atoms with van der Waals surface area (Å²) in [6, 6.07) is 10.8. The number of benzene rings is 2. The van der Waals surface area contributed by atoms with E-state index in [-0.39, 0.29) is 5.75 Å². The fourth-order valence-electron chi connectivity index (χ4n) is 1.96. The fraction of sp³-hybridized carbons (Fsp3) is 0.250. The lowest BCUT2D eigenvalue weighted by Gasteiger charge is -2.12. The highest BCUT2D eigenvalue weighted by atomic mass is 16.5. The monoisotopic (exact) mass is 289 g/mol. The van der Waals surface area contributed by atoms with Gasteiger partial charge in [-0.15, -0.1) is 0 Å². The van der Waals surface area contributed by atoms with Gasteiger partial charge in [-0.05, 0) is 24.3 Å². The summed E-state index contributed by atoms with van der Waals surface area (Å²) in [6.45, 7) is 0.491. The average molecular weight is 289 g/mol. The lowest BCUT2D eigenvalue weighted by molar-refractivity contribution is 0.355. The van der Waals surface area contributed by atoms with Crippen LogP contribution >= 0.6 is 0 Å². The van der Waals surface area contributed by atoms with Crippen molar-refractivity contribution in [1.82, 2.24) is 0 Å². The molecule has 112 valence electrons. The molecular formula is C16H19NO4. The summed E-state index contributed by atoms with van der Waals surface area (Å²) in [5, 5.41) is 13.1. The van der Waals surface area contributed by atoms with Crippen molar-refractivity contribution in [2.24, 2.45) is 0 Å². The van der Waals surface area contributed by atoms with E-state index in [1.807, 2.05) is 30.3 Å². The molecule has 0 saturated heterocycles. The summed E-state index contributed by atoms with van der Waals surface area (Å²) in [5.74, 6) is 2.15. The first kappa shape index (κ1) is 14.8. The van der Waals surface area contributed by atoms with Gasteiger partial charge in [0.15, 0.2) is 11.5 Å². The molecule has 0 unspecified atom stereocenters. The van der Waals surface area contributed by atoms with Crippen LogP contribution in [0.15, 0.2) is 36.4 Å².